The van der Waals surface area contributed by atoms with Gasteiger partial charge < -0.3 is 9.47 Å². The molecule has 0 amide bonds. The van der Waals surface area contributed by atoms with Gasteiger partial charge in [0.05, 0.1) is 18.6 Å². The highest BCUT2D eigenvalue weighted by Crippen LogP contribution is 2.29. The van der Waals surface area contributed by atoms with Gasteiger partial charge in [0, 0.05) is 13.6 Å². The third-order valence-corrected chi connectivity index (χ3v) is 5.20. The van der Waals surface area contributed by atoms with E-state index >= 15 is 0 Å². The minimum absolute atomic E-state index is 0.250. The van der Waals surface area contributed by atoms with Gasteiger partial charge in [-0.2, -0.15) is 4.31 Å². The van der Waals surface area contributed by atoms with Crippen LogP contribution in [0.15, 0.2) is 53.4 Å². The highest BCUT2D eigenvalue weighted by molar-refractivity contribution is 7.89. The van der Waals surface area contributed by atoms with Gasteiger partial charge in [-0.1, -0.05) is 24.3 Å². The van der Waals surface area contributed by atoms with Crippen LogP contribution < -0.4 is 9.47 Å². The van der Waals surface area contributed by atoms with E-state index in [1.165, 1.54) is 4.31 Å². The molecule has 2 aromatic rings. The summed E-state index contributed by atoms with van der Waals surface area (Å²) >= 11 is 0. The first-order chi connectivity index (χ1) is 11.0. The van der Waals surface area contributed by atoms with Crippen LogP contribution in [0, 0.1) is 0 Å². The Bertz CT molecular complexity index is 744. The van der Waals surface area contributed by atoms with Gasteiger partial charge in [-0.15, -0.1) is 0 Å². The van der Waals surface area contributed by atoms with E-state index in [4.69, 9.17) is 9.47 Å². The van der Waals surface area contributed by atoms with Gasteiger partial charge in [0.25, 0.3) is 0 Å². The number of nitrogens with zero attached hydrogens (tertiary/aromatic N) is 1. The fourth-order valence-corrected chi connectivity index (χ4v) is 3.38. The van der Waals surface area contributed by atoms with E-state index in [1.54, 1.807) is 56.6 Å². The van der Waals surface area contributed by atoms with Crippen LogP contribution in [0.3, 0.4) is 0 Å². The van der Waals surface area contributed by atoms with E-state index < -0.39 is 10.0 Å². The fraction of sp³-hybridized carbons (Fsp3) is 0.294. The Labute approximate surface area is 137 Å². The molecule has 23 heavy (non-hydrogen) atoms. The Balaban J connectivity index is 2.21. The van der Waals surface area contributed by atoms with Crippen molar-refractivity contribution in [2.45, 2.75) is 18.4 Å². The van der Waals surface area contributed by atoms with Crippen LogP contribution in [0.4, 0.5) is 0 Å². The molecule has 0 saturated heterocycles. The van der Waals surface area contributed by atoms with Crippen molar-refractivity contribution in [1.82, 2.24) is 4.31 Å². The first-order valence-electron chi connectivity index (χ1n) is 7.30. The molecule has 2 rings (SSSR count). The predicted octanol–water partition coefficient (Wildman–Crippen LogP) is 2.91. The van der Waals surface area contributed by atoms with Crippen molar-refractivity contribution in [2.75, 3.05) is 20.8 Å². The second-order valence-corrected chi connectivity index (χ2v) is 7.04. The molecule has 0 spiro atoms. The van der Waals surface area contributed by atoms with Crippen molar-refractivity contribution in [3.63, 3.8) is 0 Å². The van der Waals surface area contributed by atoms with Gasteiger partial charge in [0.1, 0.15) is 0 Å². The van der Waals surface area contributed by atoms with Crippen molar-refractivity contribution in [1.29, 1.82) is 0 Å². The van der Waals surface area contributed by atoms with Crippen LogP contribution in [0.2, 0.25) is 0 Å². The number of methoxy groups -OCH3 is 1. The molecular weight excluding hydrogens is 314 g/mol. The Kier molecular flexibility index (Phi) is 5.63. The van der Waals surface area contributed by atoms with Gasteiger partial charge in [-0.3, -0.25) is 0 Å². The average molecular weight is 335 g/mol. The highest BCUT2D eigenvalue weighted by Gasteiger charge is 2.20. The Hall–Kier alpha value is -2.05. The molecule has 6 heteroatoms. The highest BCUT2D eigenvalue weighted by atomic mass is 32.2. The molecule has 0 aliphatic rings. The molecule has 0 atom stereocenters. The van der Waals surface area contributed by atoms with Crippen molar-refractivity contribution >= 4 is 10.0 Å². The molecule has 0 saturated carbocycles. The maximum absolute atomic E-state index is 12.5. The number of ether oxygens (including phenoxy) is 2. The van der Waals surface area contributed by atoms with Crippen LogP contribution in [-0.2, 0) is 16.6 Å². The summed E-state index contributed by atoms with van der Waals surface area (Å²) in [6, 6.07) is 13.8. The Morgan fingerprint density at radius 1 is 1.04 bits per heavy atom. The number of benzene rings is 2. The molecule has 0 radical (unpaired) electrons. The zero-order chi connectivity index (χ0) is 16.9. The second kappa shape index (κ2) is 7.48. The summed E-state index contributed by atoms with van der Waals surface area (Å²) in [6.45, 7) is 2.69. The van der Waals surface area contributed by atoms with Crippen LogP contribution in [0.1, 0.15) is 12.5 Å². The largest absolute Gasteiger partial charge is 0.493 e. The van der Waals surface area contributed by atoms with Crippen LogP contribution in [0.5, 0.6) is 11.5 Å². The molecule has 0 aromatic heterocycles. The molecule has 5 nitrogen and oxygen atoms in total. The van der Waals surface area contributed by atoms with E-state index in [0.717, 1.165) is 5.56 Å². The number of hydrogen-bond acceptors (Lipinski definition) is 4. The first-order valence-corrected chi connectivity index (χ1v) is 8.74. The van der Waals surface area contributed by atoms with E-state index in [1.807, 2.05) is 13.0 Å². The molecule has 0 bridgehead atoms. The number of rotatable bonds is 7. The fourth-order valence-electron chi connectivity index (χ4n) is 2.20. The minimum atomic E-state index is -3.52. The maximum atomic E-state index is 12.5. The summed E-state index contributed by atoms with van der Waals surface area (Å²) in [4.78, 5) is 0.278. The lowest BCUT2D eigenvalue weighted by atomic mass is 10.2. The summed E-state index contributed by atoms with van der Waals surface area (Å²) in [5.41, 5.74) is 0.826. The maximum Gasteiger partial charge on any atom is 0.243 e. The van der Waals surface area contributed by atoms with Crippen molar-refractivity contribution in [2.24, 2.45) is 0 Å². The van der Waals surface area contributed by atoms with Crippen molar-refractivity contribution in [3.05, 3.63) is 54.1 Å². The second-order valence-electron chi connectivity index (χ2n) is 4.99. The van der Waals surface area contributed by atoms with Gasteiger partial charge in [-0.25, -0.2) is 8.42 Å². The quantitative estimate of drug-likeness (QED) is 0.781. The van der Waals surface area contributed by atoms with Gasteiger partial charge in [0.15, 0.2) is 11.5 Å². The molecule has 0 fully saturated rings. The van der Waals surface area contributed by atoms with E-state index in [-0.39, 0.29) is 11.4 Å². The SMILES string of the molecule is CCOc1ccc(CN(C)S(=O)(=O)c2ccccc2)cc1OC. The predicted molar refractivity (Wildman–Crippen MR) is 89.3 cm³/mol. The van der Waals surface area contributed by atoms with Crippen LogP contribution in [0.25, 0.3) is 0 Å². The molecule has 0 N–H and O–H groups in total. The van der Waals surface area contributed by atoms with Crippen LogP contribution >= 0.6 is 0 Å². The monoisotopic (exact) mass is 335 g/mol. The zero-order valence-electron chi connectivity index (χ0n) is 13.5. The summed E-state index contributed by atoms with van der Waals surface area (Å²) in [7, 11) is -0.393. The van der Waals surface area contributed by atoms with E-state index in [2.05, 4.69) is 0 Å². The topological polar surface area (TPSA) is 55.8 Å². The minimum Gasteiger partial charge on any atom is -0.493 e. The van der Waals surface area contributed by atoms with E-state index in [0.29, 0.717) is 18.1 Å². The van der Waals surface area contributed by atoms with E-state index in [9.17, 15) is 8.42 Å². The number of sulfonamides is 1. The molecule has 124 valence electrons. The summed E-state index contributed by atoms with van der Waals surface area (Å²) in [6.07, 6.45) is 0. The standard InChI is InChI=1S/C17H21NO4S/c1-4-22-16-11-10-14(12-17(16)21-3)13-18(2)23(19,20)15-8-6-5-7-9-15/h5-12H,4,13H2,1-3H3. The Morgan fingerprint density at radius 3 is 2.35 bits per heavy atom. The smallest absolute Gasteiger partial charge is 0.243 e. The zero-order valence-corrected chi connectivity index (χ0v) is 14.3. The molecular formula is C17H21NO4S. The normalized spacial score (nSPS) is 11.5. The molecule has 0 aliphatic carbocycles. The lowest BCUT2D eigenvalue weighted by Gasteiger charge is -2.18. The van der Waals surface area contributed by atoms with Crippen LogP contribution in [-0.4, -0.2) is 33.5 Å². The lowest BCUT2D eigenvalue weighted by Crippen LogP contribution is -2.26. The third-order valence-electron chi connectivity index (χ3n) is 3.38. The van der Waals surface area contributed by atoms with Gasteiger partial charge in [0.2, 0.25) is 10.0 Å². The van der Waals surface area contributed by atoms with Crippen molar-refractivity contribution in [3.8, 4) is 11.5 Å². The summed E-state index contributed by atoms with van der Waals surface area (Å²) < 4.78 is 37.1. The Morgan fingerprint density at radius 2 is 1.74 bits per heavy atom. The van der Waals surface area contributed by atoms with Gasteiger partial charge >= 0.3 is 0 Å². The van der Waals surface area contributed by atoms with Crippen molar-refractivity contribution < 1.29 is 17.9 Å². The third kappa shape index (κ3) is 4.03. The lowest BCUT2D eigenvalue weighted by molar-refractivity contribution is 0.310. The molecule has 2 aromatic carbocycles. The molecule has 0 aliphatic heterocycles. The molecule has 0 heterocycles. The molecule has 0 unspecified atom stereocenters. The number of hydrogen-bond donors (Lipinski definition) is 0. The first kappa shape index (κ1) is 17.3. The van der Waals surface area contributed by atoms with Gasteiger partial charge in [-0.05, 0) is 36.8 Å². The summed E-state index contributed by atoms with van der Waals surface area (Å²) in [5, 5.41) is 0. The average Bonchev–Trinajstić information content (AvgIpc) is 2.57. The summed E-state index contributed by atoms with van der Waals surface area (Å²) in [5.74, 6) is 1.24.